The van der Waals surface area contributed by atoms with Gasteiger partial charge in [0.15, 0.2) is 0 Å². The quantitative estimate of drug-likeness (QED) is 0.609. The lowest BCUT2D eigenvalue weighted by Gasteiger charge is -2.23. The highest BCUT2D eigenvalue weighted by molar-refractivity contribution is 4.61. The van der Waals surface area contributed by atoms with Gasteiger partial charge in [-0.05, 0) is 19.8 Å². The fourth-order valence-corrected chi connectivity index (χ4v) is 1.22. The van der Waals surface area contributed by atoms with E-state index in [0.29, 0.717) is 6.61 Å². The number of hydrogen-bond donors (Lipinski definition) is 1. The van der Waals surface area contributed by atoms with E-state index in [2.05, 4.69) is 0 Å². The third-order valence-corrected chi connectivity index (χ3v) is 1.83. The lowest BCUT2D eigenvalue weighted by molar-refractivity contribution is -0.0914. The fourth-order valence-electron chi connectivity index (χ4n) is 1.22. The first-order valence-electron chi connectivity index (χ1n) is 4.17. The van der Waals surface area contributed by atoms with Crippen molar-refractivity contribution in [1.82, 2.24) is 0 Å². The zero-order valence-corrected chi connectivity index (χ0v) is 6.95. The van der Waals surface area contributed by atoms with Crippen LogP contribution in [0, 0.1) is 0 Å². The highest BCUT2D eigenvalue weighted by atomic mass is 16.5. The third kappa shape index (κ3) is 3.18. The molecule has 0 aromatic carbocycles. The molecule has 2 atom stereocenters. The van der Waals surface area contributed by atoms with Gasteiger partial charge in [0.2, 0.25) is 0 Å². The predicted octanol–water partition coefficient (Wildman–Crippen LogP) is 0.563. The molecule has 1 heterocycles. The summed E-state index contributed by atoms with van der Waals surface area (Å²) < 4.78 is 10.7. The van der Waals surface area contributed by atoms with Crippen LogP contribution < -0.4 is 0 Å². The molecular weight excluding hydrogens is 144 g/mol. The van der Waals surface area contributed by atoms with E-state index in [0.717, 1.165) is 19.4 Å². The lowest BCUT2D eigenvalue weighted by Crippen LogP contribution is -2.30. The van der Waals surface area contributed by atoms with Crippen LogP contribution in [0.5, 0.6) is 0 Å². The number of ether oxygens (including phenoxy) is 2. The average Bonchev–Trinajstić information content (AvgIpc) is 1.96. The van der Waals surface area contributed by atoms with Gasteiger partial charge >= 0.3 is 0 Å². The van der Waals surface area contributed by atoms with E-state index >= 15 is 0 Å². The van der Waals surface area contributed by atoms with E-state index < -0.39 is 0 Å². The van der Waals surface area contributed by atoms with Gasteiger partial charge in [-0.1, -0.05) is 0 Å². The van der Waals surface area contributed by atoms with Crippen molar-refractivity contribution in [1.29, 1.82) is 0 Å². The Kier molecular flexibility index (Phi) is 3.83. The van der Waals surface area contributed by atoms with E-state index in [1.807, 2.05) is 6.92 Å². The molecule has 0 saturated carbocycles. The monoisotopic (exact) mass is 160 g/mol. The maximum atomic E-state index is 8.82. The summed E-state index contributed by atoms with van der Waals surface area (Å²) in [7, 11) is 0. The zero-order chi connectivity index (χ0) is 8.10. The molecular formula is C8H16O3. The predicted molar refractivity (Wildman–Crippen MR) is 41.5 cm³/mol. The normalized spacial score (nSPS) is 34.4. The molecule has 2 unspecified atom stereocenters. The number of aliphatic hydroxyl groups is 1. The maximum Gasteiger partial charge on any atom is 0.104 e. The summed E-state index contributed by atoms with van der Waals surface area (Å²) in [5.41, 5.74) is 0. The summed E-state index contributed by atoms with van der Waals surface area (Å²) in [6, 6.07) is 0. The first kappa shape index (κ1) is 8.97. The van der Waals surface area contributed by atoms with Gasteiger partial charge in [0.05, 0.1) is 19.3 Å². The molecule has 1 fully saturated rings. The summed E-state index contributed by atoms with van der Waals surface area (Å²) in [4.78, 5) is 0. The van der Waals surface area contributed by atoms with Crippen LogP contribution >= 0.6 is 0 Å². The van der Waals surface area contributed by atoms with Crippen molar-refractivity contribution in [3.8, 4) is 0 Å². The Balaban J connectivity index is 2.29. The molecule has 1 aliphatic heterocycles. The van der Waals surface area contributed by atoms with Crippen molar-refractivity contribution in [2.45, 2.75) is 32.0 Å². The van der Waals surface area contributed by atoms with Gasteiger partial charge in [-0.3, -0.25) is 0 Å². The molecule has 1 rings (SSSR count). The maximum absolute atomic E-state index is 8.82. The van der Waals surface area contributed by atoms with Crippen LogP contribution in [0.25, 0.3) is 0 Å². The Morgan fingerprint density at radius 1 is 1.55 bits per heavy atom. The van der Waals surface area contributed by atoms with Crippen LogP contribution in [0.3, 0.4) is 0 Å². The summed E-state index contributed by atoms with van der Waals surface area (Å²) in [5.74, 6) is 0. The molecule has 1 saturated heterocycles. The minimum atomic E-state index is -0.120. The van der Waals surface area contributed by atoms with Crippen molar-refractivity contribution < 1.29 is 14.6 Å². The van der Waals surface area contributed by atoms with Crippen molar-refractivity contribution >= 4 is 0 Å². The van der Waals surface area contributed by atoms with E-state index in [4.69, 9.17) is 14.6 Å². The second-order valence-corrected chi connectivity index (χ2v) is 2.97. The Bertz CT molecular complexity index is 106. The van der Waals surface area contributed by atoms with Crippen LogP contribution in [0.15, 0.2) is 0 Å². The van der Waals surface area contributed by atoms with Gasteiger partial charge in [-0.25, -0.2) is 0 Å². The van der Waals surface area contributed by atoms with Crippen LogP contribution in [0.2, 0.25) is 0 Å². The molecule has 66 valence electrons. The molecule has 0 amide bonds. The zero-order valence-electron chi connectivity index (χ0n) is 6.95. The first-order valence-corrected chi connectivity index (χ1v) is 4.17. The molecule has 0 radical (unpaired) electrons. The van der Waals surface area contributed by atoms with Crippen molar-refractivity contribution in [3.05, 3.63) is 0 Å². The van der Waals surface area contributed by atoms with E-state index in [-0.39, 0.29) is 18.8 Å². The van der Waals surface area contributed by atoms with Gasteiger partial charge in [-0.2, -0.15) is 0 Å². The number of rotatable bonds is 1. The molecule has 0 aromatic rings. The van der Waals surface area contributed by atoms with Crippen molar-refractivity contribution in [3.63, 3.8) is 0 Å². The van der Waals surface area contributed by atoms with E-state index in [1.165, 1.54) is 0 Å². The number of hydrogen-bond acceptors (Lipinski definition) is 3. The Morgan fingerprint density at radius 2 is 2.36 bits per heavy atom. The standard InChI is InChI=1S/C8H16O3/c1-7-3-2-4-10-6-8(5-9)11-7/h7-9H,2-6H2,1H3. The molecule has 0 spiro atoms. The van der Waals surface area contributed by atoms with Gasteiger partial charge in [-0.15, -0.1) is 0 Å². The Hall–Kier alpha value is -0.120. The topological polar surface area (TPSA) is 38.7 Å². The van der Waals surface area contributed by atoms with Gasteiger partial charge < -0.3 is 14.6 Å². The summed E-state index contributed by atoms with van der Waals surface area (Å²) in [6.45, 7) is 3.42. The highest BCUT2D eigenvalue weighted by Gasteiger charge is 2.14. The molecule has 0 bridgehead atoms. The summed E-state index contributed by atoms with van der Waals surface area (Å²) >= 11 is 0. The first-order chi connectivity index (χ1) is 5.33. The van der Waals surface area contributed by atoms with E-state index in [9.17, 15) is 0 Å². The molecule has 1 aliphatic rings. The third-order valence-electron chi connectivity index (χ3n) is 1.83. The molecule has 0 aliphatic carbocycles. The molecule has 3 heteroatoms. The van der Waals surface area contributed by atoms with Gasteiger partial charge in [0.1, 0.15) is 6.10 Å². The van der Waals surface area contributed by atoms with Crippen LogP contribution in [0.1, 0.15) is 19.8 Å². The minimum Gasteiger partial charge on any atom is -0.394 e. The second-order valence-electron chi connectivity index (χ2n) is 2.97. The molecule has 1 N–H and O–H groups in total. The van der Waals surface area contributed by atoms with Crippen molar-refractivity contribution in [2.24, 2.45) is 0 Å². The smallest absolute Gasteiger partial charge is 0.104 e. The molecule has 11 heavy (non-hydrogen) atoms. The second kappa shape index (κ2) is 4.70. The molecule has 0 aromatic heterocycles. The average molecular weight is 160 g/mol. The Morgan fingerprint density at radius 3 is 3.09 bits per heavy atom. The van der Waals surface area contributed by atoms with Crippen LogP contribution in [0.4, 0.5) is 0 Å². The van der Waals surface area contributed by atoms with Crippen LogP contribution in [-0.2, 0) is 9.47 Å². The fraction of sp³-hybridized carbons (Fsp3) is 1.00. The number of aliphatic hydroxyl groups excluding tert-OH is 1. The SMILES string of the molecule is CC1CCCOCC(CO)O1. The lowest BCUT2D eigenvalue weighted by atomic mass is 10.2. The van der Waals surface area contributed by atoms with E-state index in [1.54, 1.807) is 0 Å². The minimum absolute atomic E-state index is 0.0599. The largest absolute Gasteiger partial charge is 0.394 e. The summed E-state index contributed by atoms with van der Waals surface area (Å²) in [5, 5.41) is 8.82. The van der Waals surface area contributed by atoms with Crippen LogP contribution in [-0.4, -0.2) is 37.1 Å². The summed E-state index contributed by atoms with van der Waals surface area (Å²) in [6.07, 6.45) is 2.22. The van der Waals surface area contributed by atoms with Gasteiger partial charge in [0.25, 0.3) is 0 Å². The van der Waals surface area contributed by atoms with Crippen molar-refractivity contribution in [2.75, 3.05) is 19.8 Å². The highest BCUT2D eigenvalue weighted by Crippen LogP contribution is 2.09. The molecule has 3 nitrogen and oxygen atoms in total. The van der Waals surface area contributed by atoms with Gasteiger partial charge in [0, 0.05) is 6.61 Å². The Labute approximate surface area is 67.3 Å².